The lowest BCUT2D eigenvalue weighted by molar-refractivity contribution is 0.0149. The molecule has 0 heterocycles. The summed E-state index contributed by atoms with van der Waals surface area (Å²) in [6, 6.07) is 2.88. The van der Waals surface area contributed by atoms with Crippen molar-refractivity contribution in [1.82, 2.24) is 0 Å². The van der Waals surface area contributed by atoms with Crippen molar-refractivity contribution in [3.05, 3.63) is 0 Å². The van der Waals surface area contributed by atoms with Crippen molar-refractivity contribution in [1.29, 1.82) is 5.26 Å². The minimum Gasteiger partial charge on any atom is -0.198 e. The number of rotatable bonds is 9. The molecule has 0 amide bonds. The molecule has 0 radical (unpaired) electrons. The van der Waals surface area contributed by atoms with Crippen LogP contribution < -0.4 is 0 Å². The monoisotopic (exact) mass is 385 g/mol. The fourth-order valence-corrected chi connectivity index (χ4v) is 7.33. The summed E-state index contributed by atoms with van der Waals surface area (Å²) in [7, 11) is 0. The molecule has 3 aliphatic carbocycles. The van der Waals surface area contributed by atoms with Crippen molar-refractivity contribution >= 4 is 0 Å². The fraction of sp³-hybridized carbons (Fsp3) is 0.963. The van der Waals surface area contributed by atoms with Crippen LogP contribution in [0.4, 0.5) is 0 Å². The molecule has 0 aromatic rings. The Labute approximate surface area is 176 Å². The maximum Gasteiger partial charge on any atom is 0.0692 e. The molecule has 3 saturated carbocycles. The second-order valence-electron chi connectivity index (χ2n) is 10.9. The van der Waals surface area contributed by atoms with Gasteiger partial charge in [-0.3, -0.25) is 0 Å². The van der Waals surface area contributed by atoms with Gasteiger partial charge < -0.3 is 0 Å². The molecule has 0 aromatic heterocycles. The molecule has 1 nitrogen and oxygen atoms in total. The van der Waals surface area contributed by atoms with E-state index in [4.69, 9.17) is 0 Å². The maximum absolute atomic E-state index is 10.1. The first kappa shape index (κ1) is 22.2. The van der Waals surface area contributed by atoms with Gasteiger partial charge in [0.15, 0.2) is 0 Å². The van der Waals surface area contributed by atoms with Gasteiger partial charge in [0.1, 0.15) is 0 Å². The van der Waals surface area contributed by atoms with E-state index in [1.807, 2.05) is 0 Å². The molecule has 0 aliphatic heterocycles. The van der Waals surface area contributed by atoms with Gasteiger partial charge in [-0.15, -0.1) is 0 Å². The molecule has 0 bridgehead atoms. The van der Waals surface area contributed by atoms with Crippen LogP contribution in [0, 0.1) is 46.3 Å². The van der Waals surface area contributed by atoms with E-state index in [0.29, 0.717) is 0 Å². The molecule has 4 unspecified atom stereocenters. The van der Waals surface area contributed by atoms with Crippen LogP contribution in [0.1, 0.15) is 129 Å². The molecular formula is C27H47N. The summed E-state index contributed by atoms with van der Waals surface area (Å²) in [5.41, 5.74) is 0.0598. The smallest absolute Gasteiger partial charge is 0.0692 e. The minimum atomic E-state index is 0.0598. The number of unbranched alkanes of at least 4 members (excludes halogenated alkanes) is 4. The van der Waals surface area contributed by atoms with Gasteiger partial charge in [-0.05, 0) is 74.5 Å². The highest BCUT2D eigenvalue weighted by Gasteiger charge is 2.48. The van der Waals surface area contributed by atoms with E-state index in [1.165, 1.54) is 116 Å². The van der Waals surface area contributed by atoms with Gasteiger partial charge in [0.2, 0.25) is 0 Å². The summed E-state index contributed by atoms with van der Waals surface area (Å²) in [6.45, 7) is 4.62. The predicted molar refractivity (Wildman–Crippen MR) is 120 cm³/mol. The number of hydrogen-bond donors (Lipinski definition) is 0. The van der Waals surface area contributed by atoms with E-state index in [-0.39, 0.29) is 5.41 Å². The van der Waals surface area contributed by atoms with Crippen LogP contribution in [0.2, 0.25) is 0 Å². The third kappa shape index (κ3) is 5.55. The molecule has 0 spiro atoms. The fourth-order valence-electron chi connectivity index (χ4n) is 7.33. The lowest BCUT2D eigenvalue weighted by Gasteiger charge is -2.50. The van der Waals surface area contributed by atoms with E-state index in [9.17, 15) is 5.26 Å². The molecule has 3 rings (SSSR count). The molecule has 0 saturated heterocycles. The maximum atomic E-state index is 10.1. The summed E-state index contributed by atoms with van der Waals surface area (Å²) in [5, 5.41) is 10.1. The molecule has 3 fully saturated rings. The van der Waals surface area contributed by atoms with Crippen molar-refractivity contribution < 1.29 is 0 Å². The first-order valence-corrected chi connectivity index (χ1v) is 13.1. The Hall–Kier alpha value is -0.510. The van der Waals surface area contributed by atoms with Crippen LogP contribution in [0.25, 0.3) is 0 Å². The quantitative estimate of drug-likeness (QED) is 0.364. The van der Waals surface area contributed by atoms with Crippen LogP contribution in [0.3, 0.4) is 0 Å². The van der Waals surface area contributed by atoms with Gasteiger partial charge in [-0.25, -0.2) is 0 Å². The average molecular weight is 386 g/mol. The predicted octanol–water partition coefficient (Wildman–Crippen LogP) is 8.68. The van der Waals surface area contributed by atoms with Crippen LogP contribution in [0.5, 0.6) is 0 Å². The number of nitriles is 1. The number of fused-ring (bicyclic) bond motifs is 1. The molecule has 4 atom stereocenters. The second kappa shape index (κ2) is 11.0. The second-order valence-corrected chi connectivity index (χ2v) is 10.9. The molecule has 0 aromatic carbocycles. The van der Waals surface area contributed by atoms with Crippen molar-refractivity contribution in [3.8, 4) is 6.07 Å². The third-order valence-electron chi connectivity index (χ3n) is 9.10. The Morgan fingerprint density at radius 2 is 1.50 bits per heavy atom. The van der Waals surface area contributed by atoms with Crippen molar-refractivity contribution in [2.24, 2.45) is 35.0 Å². The largest absolute Gasteiger partial charge is 0.198 e. The first-order chi connectivity index (χ1) is 13.7. The van der Waals surface area contributed by atoms with Gasteiger partial charge >= 0.3 is 0 Å². The Morgan fingerprint density at radius 1 is 0.750 bits per heavy atom. The number of nitrogens with zero attached hydrogens (tertiary/aromatic N) is 1. The standard InChI is InChI=1S/C27H47N/c1-3-5-6-7-8-10-22-11-14-24(15-12-22)25-17-18-27(21-28)20-23(9-4-2)13-16-26(27)19-25/h22-26H,3-20H2,1-2H3. The molecular weight excluding hydrogens is 338 g/mol. The van der Waals surface area contributed by atoms with Crippen molar-refractivity contribution in [2.45, 2.75) is 129 Å². The average Bonchev–Trinajstić information content (AvgIpc) is 2.74. The van der Waals surface area contributed by atoms with Crippen LogP contribution in [-0.2, 0) is 0 Å². The summed E-state index contributed by atoms with van der Waals surface area (Å²) >= 11 is 0. The van der Waals surface area contributed by atoms with E-state index < -0.39 is 0 Å². The Balaban J connectivity index is 1.42. The summed E-state index contributed by atoms with van der Waals surface area (Å²) in [6.07, 6.45) is 25.3. The van der Waals surface area contributed by atoms with Gasteiger partial charge in [0.05, 0.1) is 11.5 Å². The molecule has 0 N–H and O–H groups in total. The van der Waals surface area contributed by atoms with Gasteiger partial charge in [0, 0.05) is 0 Å². The zero-order valence-corrected chi connectivity index (χ0v) is 19.1. The molecule has 160 valence electrons. The lowest BCUT2D eigenvalue weighted by atomic mass is 9.53. The topological polar surface area (TPSA) is 23.8 Å². The molecule has 28 heavy (non-hydrogen) atoms. The molecule has 3 aliphatic rings. The zero-order chi connectivity index (χ0) is 19.8. The third-order valence-corrected chi connectivity index (χ3v) is 9.10. The minimum absolute atomic E-state index is 0.0598. The normalized spacial score (nSPS) is 38.5. The summed E-state index contributed by atoms with van der Waals surface area (Å²) in [4.78, 5) is 0. The first-order valence-electron chi connectivity index (χ1n) is 13.1. The Bertz CT molecular complexity index is 483. The van der Waals surface area contributed by atoms with Crippen LogP contribution in [-0.4, -0.2) is 0 Å². The highest BCUT2D eigenvalue weighted by Crippen LogP contribution is 2.56. The van der Waals surface area contributed by atoms with Crippen molar-refractivity contribution in [2.75, 3.05) is 0 Å². The number of hydrogen-bond acceptors (Lipinski definition) is 1. The van der Waals surface area contributed by atoms with Crippen LogP contribution >= 0.6 is 0 Å². The van der Waals surface area contributed by atoms with Crippen LogP contribution in [0.15, 0.2) is 0 Å². The Morgan fingerprint density at radius 3 is 2.21 bits per heavy atom. The summed E-state index contributed by atoms with van der Waals surface area (Å²) < 4.78 is 0. The van der Waals surface area contributed by atoms with Crippen molar-refractivity contribution in [3.63, 3.8) is 0 Å². The van der Waals surface area contributed by atoms with Gasteiger partial charge in [-0.1, -0.05) is 84.5 Å². The highest BCUT2D eigenvalue weighted by molar-refractivity contribution is 5.09. The SMILES string of the molecule is CCCCCCCC1CCC(C2CCC3(C#N)CC(CCC)CCC3C2)CC1. The van der Waals surface area contributed by atoms with E-state index >= 15 is 0 Å². The summed E-state index contributed by atoms with van der Waals surface area (Å²) in [5.74, 6) is 4.52. The van der Waals surface area contributed by atoms with E-state index in [2.05, 4.69) is 19.9 Å². The zero-order valence-electron chi connectivity index (χ0n) is 19.1. The van der Waals surface area contributed by atoms with E-state index in [1.54, 1.807) is 0 Å². The van der Waals surface area contributed by atoms with Gasteiger partial charge in [-0.2, -0.15) is 5.26 Å². The lowest BCUT2D eigenvalue weighted by Crippen LogP contribution is -2.42. The highest BCUT2D eigenvalue weighted by atomic mass is 14.5. The Kier molecular flexibility index (Phi) is 8.74. The van der Waals surface area contributed by atoms with Gasteiger partial charge in [0.25, 0.3) is 0 Å². The molecule has 1 heteroatoms. The van der Waals surface area contributed by atoms with E-state index in [0.717, 1.165) is 29.6 Å².